The Morgan fingerprint density at radius 3 is 2.67 bits per heavy atom. The zero-order valence-electron chi connectivity index (χ0n) is 9.79. The summed E-state index contributed by atoms with van der Waals surface area (Å²) in [5.41, 5.74) is 0. The van der Waals surface area contributed by atoms with Crippen LogP contribution < -0.4 is 5.32 Å². The summed E-state index contributed by atoms with van der Waals surface area (Å²) in [4.78, 5) is 13.6. The van der Waals surface area contributed by atoms with E-state index in [1.165, 1.54) is 0 Å². The van der Waals surface area contributed by atoms with Gasteiger partial charge in [0.2, 0.25) is 0 Å². The monoisotopic (exact) mass is 214 g/mol. The number of piperazine rings is 1. The Labute approximate surface area is 92.0 Å². The highest BCUT2D eigenvalue weighted by molar-refractivity contribution is 5.69. The first kappa shape index (κ1) is 12.5. The standard InChI is InChI=1S/C11H22N2O2/c1-10(2)9-11(14)15-8-7-13-5-3-12-4-6-13/h10,12H,3-9H2,1-2H3. The fourth-order valence-corrected chi connectivity index (χ4v) is 1.62. The van der Waals surface area contributed by atoms with Crippen LogP contribution in [0.1, 0.15) is 20.3 Å². The Morgan fingerprint density at radius 2 is 2.07 bits per heavy atom. The quantitative estimate of drug-likeness (QED) is 0.676. The van der Waals surface area contributed by atoms with Crippen molar-refractivity contribution in [2.45, 2.75) is 20.3 Å². The molecule has 15 heavy (non-hydrogen) atoms. The predicted octanol–water partition coefficient (Wildman–Crippen LogP) is 0.481. The number of nitrogens with zero attached hydrogens (tertiary/aromatic N) is 1. The largest absolute Gasteiger partial charge is 0.464 e. The van der Waals surface area contributed by atoms with Crippen LogP contribution in [-0.2, 0) is 9.53 Å². The average molecular weight is 214 g/mol. The van der Waals surface area contributed by atoms with Crippen molar-refractivity contribution < 1.29 is 9.53 Å². The van der Waals surface area contributed by atoms with Gasteiger partial charge in [-0.25, -0.2) is 0 Å². The molecule has 0 aromatic rings. The zero-order chi connectivity index (χ0) is 11.1. The van der Waals surface area contributed by atoms with Gasteiger partial charge < -0.3 is 10.1 Å². The molecule has 1 aliphatic rings. The summed E-state index contributed by atoms with van der Waals surface area (Å²) in [6.07, 6.45) is 0.529. The van der Waals surface area contributed by atoms with Crippen LogP contribution in [-0.4, -0.2) is 50.2 Å². The molecule has 4 heteroatoms. The lowest BCUT2D eigenvalue weighted by molar-refractivity contribution is -0.144. The van der Waals surface area contributed by atoms with Crippen LogP contribution in [0.5, 0.6) is 0 Å². The number of carbonyl (C=O) groups excluding carboxylic acids is 1. The molecule has 0 aliphatic carbocycles. The lowest BCUT2D eigenvalue weighted by Crippen LogP contribution is -2.44. The van der Waals surface area contributed by atoms with E-state index >= 15 is 0 Å². The Balaban J connectivity index is 2.02. The molecule has 88 valence electrons. The maximum atomic E-state index is 11.2. The molecule has 1 aliphatic heterocycles. The van der Waals surface area contributed by atoms with Gasteiger partial charge in [-0.15, -0.1) is 0 Å². The SMILES string of the molecule is CC(C)CC(=O)OCCN1CCNCC1. The topological polar surface area (TPSA) is 41.6 Å². The van der Waals surface area contributed by atoms with E-state index in [4.69, 9.17) is 4.74 Å². The molecule has 0 unspecified atom stereocenters. The Morgan fingerprint density at radius 1 is 1.40 bits per heavy atom. The molecule has 0 atom stereocenters. The molecule has 1 rings (SSSR count). The van der Waals surface area contributed by atoms with Crippen molar-refractivity contribution in [3.05, 3.63) is 0 Å². The molecule has 0 spiro atoms. The number of ether oxygens (including phenoxy) is 1. The van der Waals surface area contributed by atoms with Crippen LogP contribution in [0.3, 0.4) is 0 Å². The van der Waals surface area contributed by atoms with E-state index in [9.17, 15) is 4.79 Å². The first-order valence-corrected chi connectivity index (χ1v) is 5.77. The average Bonchev–Trinajstić information content (AvgIpc) is 2.18. The molecule has 1 heterocycles. The molecule has 0 bridgehead atoms. The summed E-state index contributed by atoms with van der Waals surface area (Å²) < 4.78 is 5.15. The normalized spacial score (nSPS) is 18.1. The smallest absolute Gasteiger partial charge is 0.306 e. The number of esters is 1. The first-order valence-electron chi connectivity index (χ1n) is 5.77. The third-order valence-electron chi connectivity index (χ3n) is 2.46. The van der Waals surface area contributed by atoms with E-state index in [1.54, 1.807) is 0 Å². The van der Waals surface area contributed by atoms with Gasteiger partial charge in [0.15, 0.2) is 0 Å². The minimum atomic E-state index is -0.0693. The minimum Gasteiger partial charge on any atom is -0.464 e. The summed E-state index contributed by atoms with van der Waals surface area (Å²) in [5, 5.41) is 3.29. The Bertz CT molecular complexity index is 189. The van der Waals surface area contributed by atoms with Gasteiger partial charge in [-0.05, 0) is 5.92 Å². The molecule has 4 nitrogen and oxygen atoms in total. The highest BCUT2D eigenvalue weighted by atomic mass is 16.5. The fourth-order valence-electron chi connectivity index (χ4n) is 1.62. The molecule has 0 aromatic carbocycles. The van der Waals surface area contributed by atoms with Crippen LogP contribution in [0.15, 0.2) is 0 Å². The van der Waals surface area contributed by atoms with Gasteiger partial charge in [-0.1, -0.05) is 13.8 Å². The van der Waals surface area contributed by atoms with E-state index in [0.29, 0.717) is 18.9 Å². The number of hydrogen-bond donors (Lipinski definition) is 1. The van der Waals surface area contributed by atoms with E-state index < -0.39 is 0 Å². The minimum absolute atomic E-state index is 0.0693. The van der Waals surface area contributed by atoms with Crippen LogP contribution >= 0.6 is 0 Å². The second-order valence-electron chi connectivity index (χ2n) is 4.41. The number of rotatable bonds is 5. The number of hydrogen-bond acceptors (Lipinski definition) is 4. The van der Waals surface area contributed by atoms with Crippen molar-refractivity contribution >= 4 is 5.97 Å². The molecular weight excluding hydrogens is 192 g/mol. The van der Waals surface area contributed by atoms with Crippen molar-refractivity contribution in [3.8, 4) is 0 Å². The molecule has 0 radical (unpaired) electrons. The molecule has 0 aromatic heterocycles. The summed E-state index contributed by atoms with van der Waals surface area (Å²) in [7, 11) is 0. The van der Waals surface area contributed by atoms with Gasteiger partial charge in [0.05, 0.1) is 0 Å². The maximum Gasteiger partial charge on any atom is 0.306 e. The lowest BCUT2D eigenvalue weighted by Gasteiger charge is -2.26. The van der Waals surface area contributed by atoms with Gasteiger partial charge in [0.25, 0.3) is 0 Å². The van der Waals surface area contributed by atoms with E-state index in [2.05, 4.69) is 10.2 Å². The van der Waals surface area contributed by atoms with E-state index in [0.717, 1.165) is 32.7 Å². The second-order valence-corrected chi connectivity index (χ2v) is 4.41. The lowest BCUT2D eigenvalue weighted by atomic mass is 10.1. The summed E-state index contributed by atoms with van der Waals surface area (Å²) in [6.45, 7) is 9.65. The predicted molar refractivity (Wildman–Crippen MR) is 59.7 cm³/mol. The van der Waals surface area contributed by atoms with Gasteiger partial charge >= 0.3 is 5.97 Å². The molecule has 0 saturated carbocycles. The van der Waals surface area contributed by atoms with E-state index in [-0.39, 0.29) is 5.97 Å². The van der Waals surface area contributed by atoms with Crippen LogP contribution in [0.25, 0.3) is 0 Å². The molecule has 1 N–H and O–H groups in total. The highest BCUT2D eigenvalue weighted by Crippen LogP contribution is 2.01. The fraction of sp³-hybridized carbons (Fsp3) is 0.909. The van der Waals surface area contributed by atoms with Crippen LogP contribution in [0.4, 0.5) is 0 Å². The van der Waals surface area contributed by atoms with Crippen molar-refractivity contribution in [3.63, 3.8) is 0 Å². The molecule has 1 fully saturated rings. The molecular formula is C11H22N2O2. The summed E-state index contributed by atoms with van der Waals surface area (Å²) in [6, 6.07) is 0. The van der Waals surface area contributed by atoms with Crippen molar-refractivity contribution in [2.24, 2.45) is 5.92 Å². The number of carbonyl (C=O) groups is 1. The maximum absolute atomic E-state index is 11.2. The second kappa shape index (κ2) is 6.80. The van der Waals surface area contributed by atoms with Crippen molar-refractivity contribution in [1.82, 2.24) is 10.2 Å². The van der Waals surface area contributed by atoms with Gasteiger partial charge in [0.1, 0.15) is 6.61 Å². The summed E-state index contributed by atoms with van der Waals surface area (Å²) in [5.74, 6) is 0.317. The zero-order valence-corrected chi connectivity index (χ0v) is 9.79. The van der Waals surface area contributed by atoms with Gasteiger partial charge in [-0.2, -0.15) is 0 Å². The van der Waals surface area contributed by atoms with Gasteiger partial charge in [-0.3, -0.25) is 9.69 Å². The highest BCUT2D eigenvalue weighted by Gasteiger charge is 2.10. The van der Waals surface area contributed by atoms with Gasteiger partial charge in [0, 0.05) is 39.1 Å². The Hall–Kier alpha value is -0.610. The van der Waals surface area contributed by atoms with Crippen LogP contribution in [0.2, 0.25) is 0 Å². The Kier molecular flexibility index (Phi) is 5.65. The summed E-state index contributed by atoms with van der Waals surface area (Å²) >= 11 is 0. The van der Waals surface area contributed by atoms with E-state index in [1.807, 2.05) is 13.8 Å². The van der Waals surface area contributed by atoms with Crippen molar-refractivity contribution in [1.29, 1.82) is 0 Å². The molecule has 1 saturated heterocycles. The first-order chi connectivity index (χ1) is 7.18. The van der Waals surface area contributed by atoms with Crippen molar-refractivity contribution in [2.75, 3.05) is 39.3 Å². The third-order valence-corrected chi connectivity index (χ3v) is 2.46. The molecule has 0 amide bonds. The van der Waals surface area contributed by atoms with Crippen LogP contribution in [0, 0.1) is 5.92 Å². The third kappa shape index (κ3) is 5.74. The number of nitrogens with one attached hydrogen (secondary N) is 1.